The number of allylic oxidation sites excluding steroid dienone is 1. The van der Waals surface area contributed by atoms with Crippen LogP contribution in [-0.2, 0) is 11.3 Å². The highest BCUT2D eigenvalue weighted by molar-refractivity contribution is 5.97. The van der Waals surface area contributed by atoms with Gasteiger partial charge in [-0.2, -0.15) is 0 Å². The minimum absolute atomic E-state index is 0.0321. The monoisotopic (exact) mass is 375 g/mol. The summed E-state index contributed by atoms with van der Waals surface area (Å²) < 4.78 is 13.0. The fourth-order valence-electron chi connectivity index (χ4n) is 4.03. The summed E-state index contributed by atoms with van der Waals surface area (Å²) >= 11 is 0. The van der Waals surface area contributed by atoms with Crippen LogP contribution in [0.4, 0.5) is 5.69 Å². The Kier molecular flexibility index (Phi) is 3.86. The number of rotatable bonds is 4. The predicted octanol–water partition coefficient (Wildman–Crippen LogP) is 3.86. The molecule has 3 aromatic rings. The summed E-state index contributed by atoms with van der Waals surface area (Å²) in [5, 5.41) is 0. The molecule has 3 heterocycles. The summed E-state index contributed by atoms with van der Waals surface area (Å²) in [6, 6.07) is 13.7. The molecule has 6 heteroatoms. The molecule has 0 spiro atoms. The van der Waals surface area contributed by atoms with Crippen LogP contribution in [-0.4, -0.2) is 28.8 Å². The maximum atomic E-state index is 12.8. The molecule has 1 atom stereocenters. The van der Waals surface area contributed by atoms with Gasteiger partial charge < -0.3 is 18.9 Å². The molecular weight excluding hydrogens is 354 g/mol. The van der Waals surface area contributed by atoms with Crippen LogP contribution in [0.5, 0.6) is 11.5 Å². The topological polar surface area (TPSA) is 56.6 Å². The molecule has 1 fully saturated rings. The van der Waals surface area contributed by atoms with Gasteiger partial charge in [-0.1, -0.05) is 24.3 Å². The van der Waals surface area contributed by atoms with Crippen molar-refractivity contribution < 1.29 is 14.3 Å². The van der Waals surface area contributed by atoms with E-state index in [2.05, 4.69) is 17.2 Å². The molecule has 0 saturated carbocycles. The molecular formula is C22H21N3O3. The predicted molar refractivity (Wildman–Crippen MR) is 107 cm³/mol. The Balaban J connectivity index is 1.50. The van der Waals surface area contributed by atoms with Crippen LogP contribution in [0.1, 0.15) is 25.1 Å². The van der Waals surface area contributed by atoms with Crippen molar-refractivity contribution in [3.05, 3.63) is 60.4 Å². The first-order valence-corrected chi connectivity index (χ1v) is 9.40. The third kappa shape index (κ3) is 2.72. The first-order chi connectivity index (χ1) is 13.6. The van der Waals surface area contributed by atoms with Gasteiger partial charge in [0.25, 0.3) is 0 Å². The molecule has 6 nitrogen and oxygen atoms in total. The summed E-state index contributed by atoms with van der Waals surface area (Å²) in [5.41, 5.74) is 3.92. The molecule has 0 N–H and O–H groups in total. The van der Waals surface area contributed by atoms with Gasteiger partial charge in [0.2, 0.25) is 12.7 Å². The lowest BCUT2D eigenvalue weighted by molar-refractivity contribution is -0.117. The highest BCUT2D eigenvalue weighted by Crippen LogP contribution is 2.39. The van der Waals surface area contributed by atoms with E-state index in [4.69, 9.17) is 14.5 Å². The molecule has 1 saturated heterocycles. The molecule has 2 aliphatic rings. The number of benzene rings is 2. The van der Waals surface area contributed by atoms with Gasteiger partial charge in [0.1, 0.15) is 5.82 Å². The SMILES string of the molecule is C=C(C)Cn1c(C2CC(=O)N(c3ccc4c(c3)OCO4)C2)nc2ccccc21. The van der Waals surface area contributed by atoms with Crippen molar-refractivity contribution in [3.63, 3.8) is 0 Å². The molecule has 142 valence electrons. The summed E-state index contributed by atoms with van der Waals surface area (Å²) in [7, 11) is 0. The molecule has 1 unspecified atom stereocenters. The average Bonchev–Trinajstić information content (AvgIpc) is 3.38. The number of fused-ring (bicyclic) bond motifs is 2. The van der Waals surface area contributed by atoms with Crippen LogP contribution in [0.25, 0.3) is 11.0 Å². The number of carbonyl (C=O) groups is 1. The third-order valence-electron chi connectivity index (χ3n) is 5.27. The Morgan fingerprint density at radius 3 is 2.89 bits per heavy atom. The Hall–Kier alpha value is -3.28. The van der Waals surface area contributed by atoms with Gasteiger partial charge in [-0.25, -0.2) is 4.98 Å². The number of ether oxygens (including phenoxy) is 2. The van der Waals surface area contributed by atoms with Gasteiger partial charge >= 0.3 is 0 Å². The van der Waals surface area contributed by atoms with Crippen molar-refractivity contribution in [2.45, 2.75) is 25.8 Å². The summed E-state index contributed by atoms with van der Waals surface area (Å²) in [6.45, 7) is 7.59. The second-order valence-corrected chi connectivity index (χ2v) is 7.44. The van der Waals surface area contributed by atoms with Gasteiger partial charge in [0.05, 0.1) is 11.0 Å². The number of para-hydroxylation sites is 2. The Morgan fingerprint density at radius 1 is 1.21 bits per heavy atom. The number of hydrogen-bond acceptors (Lipinski definition) is 4. The lowest BCUT2D eigenvalue weighted by Gasteiger charge is -2.18. The largest absolute Gasteiger partial charge is 0.454 e. The van der Waals surface area contributed by atoms with Crippen LogP contribution in [0.15, 0.2) is 54.6 Å². The number of anilines is 1. The minimum Gasteiger partial charge on any atom is -0.454 e. The zero-order chi connectivity index (χ0) is 19.3. The number of carbonyl (C=O) groups excluding carboxylic acids is 1. The molecule has 0 radical (unpaired) electrons. The van der Waals surface area contributed by atoms with Crippen LogP contribution >= 0.6 is 0 Å². The van der Waals surface area contributed by atoms with E-state index in [0.717, 1.165) is 33.9 Å². The standard InChI is InChI=1S/C22H21N3O3/c1-14(2)11-25-18-6-4-3-5-17(18)23-22(25)15-9-21(26)24(12-15)16-7-8-19-20(10-16)28-13-27-19/h3-8,10,15H,1,9,11-13H2,2H3. The van der Waals surface area contributed by atoms with Gasteiger partial charge in [-0.05, 0) is 31.2 Å². The normalized spacial score (nSPS) is 18.2. The van der Waals surface area contributed by atoms with Gasteiger partial charge in [-0.3, -0.25) is 4.79 Å². The molecule has 28 heavy (non-hydrogen) atoms. The second kappa shape index (κ2) is 6.41. The van der Waals surface area contributed by atoms with Crippen molar-refractivity contribution in [1.82, 2.24) is 9.55 Å². The molecule has 1 amide bonds. The fraction of sp³-hybridized carbons (Fsp3) is 0.273. The van der Waals surface area contributed by atoms with E-state index >= 15 is 0 Å². The van der Waals surface area contributed by atoms with E-state index in [9.17, 15) is 4.79 Å². The maximum Gasteiger partial charge on any atom is 0.231 e. The van der Waals surface area contributed by atoms with E-state index in [0.29, 0.717) is 25.3 Å². The Bertz CT molecular complexity index is 1100. The molecule has 1 aromatic heterocycles. The summed E-state index contributed by atoms with van der Waals surface area (Å²) in [6.07, 6.45) is 0.438. The Labute approximate surface area is 163 Å². The smallest absolute Gasteiger partial charge is 0.231 e. The van der Waals surface area contributed by atoms with E-state index in [1.54, 1.807) is 0 Å². The number of hydrogen-bond donors (Lipinski definition) is 0. The zero-order valence-electron chi connectivity index (χ0n) is 15.7. The number of amides is 1. The molecule has 0 aliphatic carbocycles. The first-order valence-electron chi connectivity index (χ1n) is 9.40. The van der Waals surface area contributed by atoms with E-state index in [1.165, 1.54) is 0 Å². The van der Waals surface area contributed by atoms with E-state index in [1.807, 2.05) is 48.2 Å². The third-order valence-corrected chi connectivity index (χ3v) is 5.27. The number of nitrogens with zero attached hydrogens (tertiary/aromatic N) is 3. The van der Waals surface area contributed by atoms with E-state index < -0.39 is 0 Å². The van der Waals surface area contributed by atoms with Crippen LogP contribution in [0.3, 0.4) is 0 Å². The fourth-order valence-corrected chi connectivity index (χ4v) is 4.03. The lowest BCUT2D eigenvalue weighted by Crippen LogP contribution is -2.24. The molecule has 0 bridgehead atoms. The average molecular weight is 375 g/mol. The van der Waals surface area contributed by atoms with Crippen molar-refractivity contribution in [1.29, 1.82) is 0 Å². The molecule has 2 aliphatic heterocycles. The van der Waals surface area contributed by atoms with E-state index in [-0.39, 0.29) is 18.6 Å². The second-order valence-electron chi connectivity index (χ2n) is 7.44. The number of imidazole rings is 1. The van der Waals surface area contributed by atoms with Gasteiger partial charge in [0, 0.05) is 37.2 Å². The number of aromatic nitrogens is 2. The highest BCUT2D eigenvalue weighted by Gasteiger charge is 2.35. The van der Waals surface area contributed by atoms with Crippen LogP contribution in [0, 0.1) is 0 Å². The van der Waals surface area contributed by atoms with Crippen molar-refractivity contribution >= 4 is 22.6 Å². The highest BCUT2D eigenvalue weighted by atomic mass is 16.7. The molecule has 2 aromatic carbocycles. The summed E-state index contributed by atoms with van der Waals surface area (Å²) in [5.74, 6) is 2.47. The lowest BCUT2D eigenvalue weighted by atomic mass is 10.1. The first kappa shape index (κ1) is 16.9. The van der Waals surface area contributed by atoms with Crippen LogP contribution < -0.4 is 14.4 Å². The van der Waals surface area contributed by atoms with Gasteiger partial charge in [-0.15, -0.1) is 0 Å². The molecule has 5 rings (SSSR count). The van der Waals surface area contributed by atoms with Gasteiger partial charge in [0.15, 0.2) is 11.5 Å². The Morgan fingerprint density at radius 2 is 2.04 bits per heavy atom. The van der Waals surface area contributed by atoms with Crippen molar-refractivity contribution in [2.24, 2.45) is 0 Å². The van der Waals surface area contributed by atoms with Crippen LogP contribution in [0.2, 0.25) is 0 Å². The minimum atomic E-state index is 0.0321. The summed E-state index contributed by atoms with van der Waals surface area (Å²) in [4.78, 5) is 19.5. The van der Waals surface area contributed by atoms with Crippen molar-refractivity contribution in [2.75, 3.05) is 18.2 Å². The zero-order valence-corrected chi connectivity index (χ0v) is 15.7. The maximum absolute atomic E-state index is 12.8. The van der Waals surface area contributed by atoms with Crippen molar-refractivity contribution in [3.8, 4) is 11.5 Å². The quantitative estimate of drug-likeness (QED) is 0.650.